The largest absolute Gasteiger partial charge is 0.353 e. The molecular weight excluding hydrogens is 298 g/mol. The fourth-order valence-corrected chi connectivity index (χ4v) is 3.69. The zero-order valence-corrected chi connectivity index (χ0v) is 13.6. The zero-order valence-electron chi connectivity index (χ0n) is 12.8. The first kappa shape index (κ1) is 14.1. The van der Waals surface area contributed by atoms with E-state index in [1.54, 1.807) is 11.3 Å². The maximum absolute atomic E-state index is 3.51. The van der Waals surface area contributed by atoms with Gasteiger partial charge in [-0.25, -0.2) is 0 Å². The van der Waals surface area contributed by atoms with Crippen LogP contribution in [-0.4, -0.2) is 6.54 Å². The minimum Gasteiger partial charge on any atom is -0.353 e. The normalized spacial score (nSPS) is 16.3. The maximum Gasteiger partial charge on any atom is 0.117 e. The quantitative estimate of drug-likeness (QED) is 0.577. The second-order valence-corrected chi connectivity index (χ2v) is 6.44. The SMILES string of the molecule is C(#CC1c2ccccc2CCN1c1ccccc1)c1ccsc1. The highest BCUT2D eigenvalue weighted by Crippen LogP contribution is 2.33. The molecule has 0 radical (unpaired) electrons. The number of fused-ring (bicyclic) bond motifs is 1. The fraction of sp³-hybridized carbons (Fsp3) is 0.143. The third-order valence-electron chi connectivity index (χ3n) is 4.25. The van der Waals surface area contributed by atoms with Crippen molar-refractivity contribution in [3.8, 4) is 11.8 Å². The van der Waals surface area contributed by atoms with Crippen molar-refractivity contribution >= 4 is 17.0 Å². The van der Waals surface area contributed by atoms with Crippen LogP contribution in [0, 0.1) is 11.8 Å². The van der Waals surface area contributed by atoms with Crippen LogP contribution >= 0.6 is 11.3 Å². The molecule has 0 saturated carbocycles. The van der Waals surface area contributed by atoms with Crippen molar-refractivity contribution < 1.29 is 0 Å². The first-order valence-electron chi connectivity index (χ1n) is 7.85. The van der Waals surface area contributed by atoms with E-state index in [0.717, 1.165) is 18.5 Å². The van der Waals surface area contributed by atoms with Gasteiger partial charge in [0.2, 0.25) is 0 Å². The number of hydrogen-bond donors (Lipinski definition) is 0. The fourth-order valence-electron chi connectivity index (χ4n) is 3.11. The molecule has 1 nitrogen and oxygen atoms in total. The molecule has 112 valence electrons. The molecule has 0 bridgehead atoms. The molecule has 0 amide bonds. The van der Waals surface area contributed by atoms with Crippen LogP contribution in [0.3, 0.4) is 0 Å². The average Bonchev–Trinajstić information content (AvgIpc) is 3.14. The highest BCUT2D eigenvalue weighted by atomic mass is 32.1. The summed E-state index contributed by atoms with van der Waals surface area (Å²) in [5, 5.41) is 4.18. The molecule has 0 aliphatic carbocycles. The van der Waals surface area contributed by atoms with Gasteiger partial charge >= 0.3 is 0 Å². The van der Waals surface area contributed by atoms with Gasteiger partial charge in [-0.15, -0.1) is 0 Å². The Kier molecular flexibility index (Phi) is 3.88. The van der Waals surface area contributed by atoms with Crippen LogP contribution in [-0.2, 0) is 6.42 Å². The summed E-state index contributed by atoms with van der Waals surface area (Å²) < 4.78 is 0. The molecular formula is C21H17NS. The predicted octanol–water partition coefficient (Wildman–Crippen LogP) is 4.90. The van der Waals surface area contributed by atoms with Crippen LogP contribution in [0.2, 0.25) is 0 Å². The number of nitrogens with zero attached hydrogens (tertiary/aromatic N) is 1. The maximum atomic E-state index is 3.51. The third kappa shape index (κ3) is 2.88. The van der Waals surface area contributed by atoms with Crippen LogP contribution in [0.25, 0.3) is 0 Å². The Bertz CT molecular complexity index is 840. The lowest BCUT2D eigenvalue weighted by atomic mass is 9.92. The second-order valence-electron chi connectivity index (χ2n) is 5.66. The molecule has 1 unspecified atom stereocenters. The van der Waals surface area contributed by atoms with Gasteiger partial charge in [0, 0.05) is 23.2 Å². The molecule has 4 rings (SSSR count). The Morgan fingerprint density at radius 1 is 0.957 bits per heavy atom. The van der Waals surface area contributed by atoms with Crippen LogP contribution in [0.15, 0.2) is 71.4 Å². The molecule has 2 heterocycles. The second kappa shape index (κ2) is 6.32. The van der Waals surface area contributed by atoms with Crippen molar-refractivity contribution in [2.45, 2.75) is 12.5 Å². The van der Waals surface area contributed by atoms with Gasteiger partial charge in [-0.1, -0.05) is 54.3 Å². The number of benzene rings is 2. The molecule has 2 heteroatoms. The molecule has 0 saturated heterocycles. The molecule has 0 N–H and O–H groups in total. The summed E-state index contributed by atoms with van der Waals surface area (Å²) in [4.78, 5) is 2.42. The van der Waals surface area contributed by atoms with Crippen molar-refractivity contribution in [3.63, 3.8) is 0 Å². The van der Waals surface area contributed by atoms with Crippen LogP contribution in [0.1, 0.15) is 22.7 Å². The molecule has 1 aromatic heterocycles. The molecule has 0 fully saturated rings. The molecule has 1 aliphatic rings. The van der Waals surface area contributed by atoms with E-state index >= 15 is 0 Å². The van der Waals surface area contributed by atoms with Crippen molar-refractivity contribution in [3.05, 3.63) is 88.1 Å². The number of thiophene rings is 1. The lowest BCUT2D eigenvalue weighted by Crippen LogP contribution is -2.34. The van der Waals surface area contributed by atoms with E-state index in [1.807, 2.05) is 0 Å². The summed E-state index contributed by atoms with van der Waals surface area (Å²) >= 11 is 1.69. The Morgan fingerprint density at radius 3 is 2.61 bits per heavy atom. The highest BCUT2D eigenvalue weighted by molar-refractivity contribution is 7.08. The van der Waals surface area contributed by atoms with Crippen LogP contribution in [0.5, 0.6) is 0 Å². The first-order chi connectivity index (χ1) is 11.4. The first-order valence-corrected chi connectivity index (χ1v) is 8.79. The van der Waals surface area contributed by atoms with Gasteiger partial charge in [-0.05, 0) is 41.1 Å². The highest BCUT2D eigenvalue weighted by Gasteiger charge is 2.25. The van der Waals surface area contributed by atoms with E-state index in [4.69, 9.17) is 0 Å². The van der Waals surface area contributed by atoms with E-state index in [2.05, 4.69) is 88.2 Å². The number of hydrogen-bond acceptors (Lipinski definition) is 2. The number of anilines is 1. The van der Waals surface area contributed by atoms with Crippen molar-refractivity contribution in [2.75, 3.05) is 11.4 Å². The summed E-state index contributed by atoms with van der Waals surface area (Å²) in [6.45, 7) is 1.00. The molecule has 0 spiro atoms. The van der Waals surface area contributed by atoms with Gasteiger partial charge in [-0.2, -0.15) is 11.3 Å². The van der Waals surface area contributed by atoms with Crippen molar-refractivity contribution in [1.82, 2.24) is 0 Å². The van der Waals surface area contributed by atoms with Crippen molar-refractivity contribution in [1.29, 1.82) is 0 Å². The minimum absolute atomic E-state index is 0.113. The van der Waals surface area contributed by atoms with Gasteiger partial charge in [0.15, 0.2) is 0 Å². The van der Waals surface area contributed by atoms with E-state index in [-0.39, 0.29) is 6.04 Å². The molecule has 1 atom stereocenters. The van der Waals surface area contributed by atoms with E-state index < -0.39 is 0 Å². The Hall–Kier alpha value is -2.50. The topological polar surface area (TPSA) is 3.24 Å². The van der Waals surface area contributed by atoms with Gasteiger partial charge in [0.25, 0.3) is 0 Å². The third-order valence-corrected chi connectivity index (χ3v) is 4.93. The van der Waals surface area contributed by atoms with E-state index in [0.29, 0.717) is 0 Å². The summed E-state index contributed by atoms with van der Waals surface area (Å²) in [5.41, 5.74) is 5.10. The molecule has 1 aliphatic heterocycles. The van der Waals surface area contributed by atoms with E-state index in [1.165, 1.54) is 16.8 Å². The summed E-state index contributed by atoms with van der Waals surface area (Å²) in [7, 11) is 0. The zero-order chi connectivity index (χ0) is 15.5. The van der Waals surface area contributed by atoms with Gasteiger partial charge in [0.05, 0.1) is 0 Å². The lowest BCUT2D eigenvalue weighted by Gasteiger charge is -2.36. The van der Waals surface area contributed by atoms with Gasteiger partial charge in [0.1, 0.15) is 6.04 Å². The predicted molar refractivity (Wildman–Crippen MR) is 97.9 cm³/mol. The monoisotopic (exact) mass is 315 g/mol. The lowest BCUT2D eigenvalue weighted by molar-refractivity contribution is 0.682. The number of para-hydroxylation sites is 1. The van der Waals surface area contributed by atoms with Gasteiger partial charge < -0.3 is 4.90 Å². The Labute approximate surface area is 141 Å². The molecule has 23 heavy (non-hydrogen) atoms. The van der Waals surface area contributed by atoms with Crippen LogP contribution in [0.4, 0.5) is 5.69 Å². The standard InChI is InChI=1S/C21H17NS/c1-2-7-19(8-3-1)22-14-12-18-6-4-5-9-20(18)21(22)11-10-17-13-15-23-16-17/h1-9,13,15-16,21H,12,14H2. The summed E-state index contributed by atoms with van der Waals surface area (Å²) in [6, 6.07) is 21.5. The molecule has 2 aromatic carbocycles. The smallest absolute Gasteiger partial charge is 0.117 e. The summed E-state index contributed by atoms with van der Waals surface area (Å²) in [5.74, 6) is 6.87. The van der Waals surface area contributed by atoms with Crippen molar-refractivity contribution in [2.24, 2.45) is 0 Å². The Morgan fingerprint density at radius 2 is 1.78 bits per heavy atom. The molecule has 3 aromatic rings. The van der Waals surface area contributed by atoms with E-state index in [9.17, 15) is 0 Å². The van der Waals surface area contributed by atoms with Crippen LogP contribution < -0.4 is 4.90 Å². The number of rotatable bonds is 1. The average molecular weight is 315 g/mol. The Balaban J connectivity index is 1.77. The summed E-state index contributed by atoms with van der Waals surface area (Å²) in [6.07, 6.45) is 1.07. The minimum atomic E-state index is 0.113. The van der Waals surface area contributed by atoms with Gasteiger partial charge in [-0.3, -0.25) is 0 Å².